The third kappa shape index (κ3) is 2.77. The Morgan fingerprint density at radius 1 is 1.14 bits per heavy atom. The first-order valence-electron chi connectivity index (χ1n) is 3.72. The van der Waals surface area contributed by atoms with Crippen molar-refractivity contribution in [2.75, 3.05) is 0 Å². The van der Waals surface area contributed by atoms with E-state index in [4.69, 9.17) is 5.11 Å². The summed E-state index contributed by atoms with van der Waals surface area (Å²) in [6, 6.07) is 3.54. The van der Waals surface area contributed by atoms with E-state index in [1.165, 1.54) is 24.3 Å². The average Bonchev–Trinajstić information content (AvgIpc) is 2.19. The summed E-state index contributed by atoms with van der Waals surface area (Å²) < 4.78 is 39.6. The summed E-state index contributed by atoms with van der Waals surface area (Å²) in [5.41, 5.74) is 0.586. The van der Waals surface area contributed by atoms with Crippen molar-refractivity contribution in [2.45, 2.75) is 6.61 Å². The molecule has 0 fully saturated rings. The predicted molar refractivity (Wildman–Crippen MR) is 43.3 cm³/mol. The van der Waals surface area contributed by atoms with Gasteiger partial charge < -0.3 is 9.84 Å². The SMILES string of the molecule is OCc1ccc(OC(F)=C(F)F)cc1. The summed E-state index contributed by atoms with van der Waals surface area (Å²) in [7, 11) is 0. The molecule has 0 aromatic heterocycles. The maximum absolute atomic E-state index is 12.3. The molecule has 1 N–H and O–H groups in total. The summed E-state index contributed by atoms with van der Waals surface area (Å²) >= 11 is 0. The van der Waals surface area contributed by atoms with Gasteiger partial charge in [0.25, 0.3) is 0 Å². The molecule has 0 radical (unpaired) electrons. The maximum Gasteiger partial charge on any atom is 0.344 e. The number of benzene rings is 1. The Morgan fingerprint density at radius 3 is 2.14 bits per heavy atom. The molecule has 0 amide bonds. The second-order valence-electron chi connectivity index (χ2n) is 2.44. The van der Waals surface area contributed by atoms with E-state index in [0.717, 1.165) is 0 Å². The number of hydrogen-bond acceptors (Lipinski definition) is 2. The van der Waals surface area contributed by atoms with Crippen molar-refractivity contribution in [1.82, 2.24) is 0 Å². The van der Waals surface area contributed by atoms with Gasteiger partial charge in [-0.2, -0.15) is 13.2 Å². The zero-order chi connectivity index (χ0) is 10.6. The fourth-order valence-corrected chi connectivity index (χ4v) is 0.805. The summed E-state index contributed by atoms with van der Waals surface area (Å²) in [6.45, 7) is -0.171. The molecule has 1 rings (SSSR count). The zero-order valence-electron chi connectivity index (χ0n) is 7.01. The normalized spacial score (nSPS) is 9.71. The smallest absolute Gasteiger partial charge is 0.344 e. The maximum atomic E-state index is 12.3. The lowest BCUT2D eigenvalue weighted by atomic mass is 10.2. The van der Waals surface area contributed by atoms with Crippen molar-refractivity contribution in [2.24, 2.45) is 0 Å². The highest BCUT2D eigenvalue weighted by Gasteiger charge is 2.07. The Kier molecular flexibility index (Phi) is 3.53. The van der Waals surface area contributed by atoms with Crippen LogP contribution in [0.25, 0.3) is 0 Å². The second kappa shape index (κ2) is 4.66. The number of ether oxygens (including phenoxy) is 1. The Bertz CT molecular complexity index is 328. The van der Waals surface area contributed by atoms with Gasteiger partial charge in [0.15, 0.2) is 0 Å². The van der Waals surface area contributed by atoms with Crippen LogP contribution in [0.5, 0.6) is 5.75 Å². The fourth-order valence-electron chi connectivity index (χ4n) is 0.805. The van der Waals surface area contributed by atoms with E-state index in [1.807, 2.05) is 0 Å². The van der Waals surface area contributed by atoms with E-state index in [-0.39, 0.29) is 12.4 Å². The molecule has 1 aromatic carbocycles. The Morgan fingerprint density at radius 2 is 1.71 bits per heavy atom. The molecule has 0 spiro atoms. The first-order chi connectivity index (χ1) is 6.63. The quantitative estimate of drug-likeness (QED) is 0.767. The topological polar surface area (TPSA) is 29.5 Å². The Labute approximate surface area is 78.2 Å². The van der Waals surface area contributed by atoms with Gasteiger partial charge in [-0.25, -0.2) is 0 Å². The van der Waals surface area contributed by atoms with Gasteiger partial charge in [-0.3, -0.25) is 0 Å². The van der Waals surface area contributed by atoms with Crippen LogP contribution in [0.2, 0.25) is 0 Å². The van der Waals surface area contributed by atoms with Crippen LogP contribution >= 0.6 is 0 Å². The van der Waals surface area contributed by atoms with Crippen molar-refractivity contribution in [1.29, 1.82) is 0 Å². The third-order valence-corrected chi connectivity index (χ3v) is 1.46. The molecule has 0 aliphatic heterocycles. The number of hydrogen-bond donors (Lipinski definition) is 1. The van der Waals surface area contributed by atoms with Crippen LogP contribution in [0.4, 0.5) is 13.2 Å². The molecule has 0 heterocycles. The van der Waals surface area contributed by atoms with Crippen molar-refractivity contribution in [3.8, 4) is 5.75 Å². The average molecular weight is 204 g/mol. The zero-order valence-corrected chi connectivity index (χ0v) is 7.01. The van der Waals surface area contributed by atoms with Crippen molar-refractivity contribution in [3.63, 3.8) is 0 Å². The number of aliphatic hydroxyl groups excluding tert-OH is 1. The highest BCUT2D eigenvalue weighted by molar-refractivity contribution is 5.27. The highest BCUT2D eigenvalue weighted by atomic mass is 19.3. The largest absolute Gasteiger partial charge is 0.428 e. The van der Waals surface area contributed by atoms with Gasteiger partial charge in [-0.05, 0) is 17.7 Å². The van der Waals surface area contributed by atoms with Crippen LogP contribution in [-0.4, -0.2) is 5.11 Å². The van der Waals surface area contributed by atoms with E-state index in [2.05, 4.69) is 4.74 Å². The van der Waals surface area contributed by atoms with Gasteiger partial charge in [0, 0.05) is 0 Å². The summed E-state index contributed by atoms with van der Waals surface area (Å²) in [4.78, 5) is 0. The molecule has 1 aromatic rings. The lowest BCUT2D eigenvalue weighted by molar-refractivity contribution is 0.241. The molecule has 0 bridgehead atoms. The lowest BCUT2D eigenvalue weighted by Crippen LogP contribution is -1.91. The molecule has 0 aliphatic carbocycles. The fraction of sp³-hybridized carbons (Fsp3) is 0.111. The molecule has 0 saturated heterocycles. The first-order valence-corrected chi connectivity index (χ1v) is 3.72. The van der Waals surface area contributed by atoms with Crippen LogP contribution in [-0.2, 0) is 6.61 Å². The molecule has 2 nitrogen and oxygen atoms in total. The van der Waals surface area contributed by atoms with Gasteiger partial charge in [0.05, 0.1) is 6.61 Å². The van der Waals surface area contributed by atoms with Gasteiger partial charge in [-0.1, -0.05) is 12.1 Å². The predicted octanol–water partition coefficient (Wildman–Crippen LogP) is 2.59. The van der Waals surface area contributed by atoms with Crippen LogP contribution in [0.15, 0.2) is 36.4 Å². The summed E-state index contributed by atoms with van der Waals surface area (Å²) in [5, 5.41) is 8.65. The van der Waals surface area contributed by atoms with Crippen LogP contribution in [0, 0.1) is 0 Å². The van der Waals surface area contributed by atoms with E-state index in [9.17, 15) is 13.2 Å². The minimum absolute atomic E-state index is 0.0486. The Hall–Kier alpha value is -1.49. The molecule has 0 saturated carbocycles. The van der Waals surface area contributed by atoms with E-state index in [0.29, 0.717) is 5.56 Å². The van der Waals surface area contributed by atoms with Crippen LogP contribution in [0.1, 0.15) is 5.56 Å². The monoisotopic (exact) mass is 204 g/mol. The molecule has 0 unspecified atom stereocenters. The van der Waals surface area contributed by atoms with Crippen LogP contribution < -0.4 is 4.74 Å². The third-order valence-electron chi connectivity index (χ3n) is 1.46. The van der Waals surface area contributed by atoms with E-state index >= 15 is 0 Å². The summed E-state index contributed by atoms with van der Waals surface area (Å²) in [5.74, 6) is -0.0486. The Balaban J connectivity index is 2.74. The van der Waals surface area contributed by atoms with Crippen molar-refractivity contribution >= 4 is 0 Å². The second-order valence-corrected chi connectivity index (χ2v) is 2.44. The molecule has 14 heavy (non-hydrogen) atoms. The molecular weight excluding hydrogens is 197 g/mol. The minimum atomic E-state index is -2.50. The van der Waals surface area contributed by atoms with E-state index in [1.54, 1.807) is 0 Å². The molecule has 0 aliphatic rings. The summed E-state index contributed by atoms with van der Waals surface area (Å²) in [6.07, 6.45) is -2.50. The molecule has 76 valence electrons. The van der Waals surface area contributed by atoms with Gasteiger partial charge >= 0.3 is 12.1 Å². The van der Waals surface area contributed by atoms with Gasteiger partial charge in [0.1, 0.15) is 5.75 Å². The van der Waals surface area contributed by atoms with Gasteiger partial charge in [0.2, 0.25) is 0 Å². The van der Waals surface area contributed by atoms with Crippen LogP contribution in [0.3, 0.4) is 0 Å². The number of aliphatic hydroxyl groups is 1. The van der Waals surface area contributed by atoms with Gasteiger partial charge in [-0.15, -0.1) is 0 Å². The number of rotatable bonds is 3. The lowest BCUT2D eigenvalue weighted by Gasteiger charge is -2.02. The van der Waals surface area contributed by atoms with E-state index < -0.39 is 12.1 Å². The molecular formula is C9H7F3O2. The molecule has 0 atom stereocenters. The first kappa shape index (κ1) is 10.6. The van der Waals surface area contributed by atoms with Crippen molar-refractivity contribution in [3.05, 3.63) is 41.9 Å². The standard InChI is InChI=1S/C9H7F3O2/c10-8(11)9(12)14-7-3-1-6(5-13)2-4-7/h1-4,13H,5H2. The van der Waals surface area contributed by atoms with Crippen molar-refractivity contribution < 1.29 is 23.0 Å². The number of halogens is 3. The highest BCUT2D eigenvalue weighted by Crippen LogP contribution is 2.18. The minimum Gasteiger partial charge on any atom is -0.428 e. The molecule has 5 heteroatoms.